The Morgan fingerprint density at radius 3 is 2.80 bits per heavy atom. The molecular formula is C12H8BrF3N2OS. The lowest BCUT2D eigenvalue weighted by Crippen LogP contribution is -2.11. The molecule has 1 N–H and O–H groups in total. The van der Waals surface area contributed by atoms with Gasteiger partial charge >= 0.3 is 6.18 Å². The van der Waals surface area contributed by atoms with Gasteiger partial charge in [0.25, 0.3) is 0 Å². The molecule has 0 aliphatic heterocycles. The fourth-order valence-electron chi connectivity index (χ4n) is 1.47. The summed E-state index contributed by atoms with van der Waals surface area (Å²) in [6.45, 7) is 0. The van der Waals surface area contributed by atoms with Crippen molar-refractivity contribution < 1.29 is 18.0 Å². The summed E-state index contributed by atoms with van der Waals surface area (Å²) in [4.78, 5) is 15.3. The number of halogens is 4. The molecule has 0 aliphatic carbocycles. The van der Waals surface area contributed by atoms with Gasteiger partial charge in [0.2, 0.25) is 5.91 Å². The fourth-order valence-corrected chi connectivity index (χ4v) is 2.35. The molecule has 2 rings (SSSR count). The Morgan fingerprint density at radius 2 is 2.15 bits per heavy atom. The molecule has 0 bridgehead atoms. The van der Waals surface area contributed by atoms with Gasteiger partial charge in [-0.1, -0.05) is 28.1 Å². The highest BCUT2D eigenvalue weighted by Crippen LogP contribution is 2.33. The third-order valence-electron chi connectivity index (χ3n) is 2.36. The lowest BCUT2D eigenvalue weighted by molar-refractivity contribution is -0.137. The van der Waals surface area contributed by atoms with Crippen LogP contribution in [0.4, 0.5) is 18.3 Å². The molecule has 106 valence electrons. The first-order chi connectivity index (χ1) is 9.40. The number of nitrogens with zero attached hydrogens (tertiary/aromatic N) is 1. The van der Waals surface area contributed by atoms with Crippen LogP contribution in [-0.2, 0) is 11.0 Å². The Kier molecular flexibility index (Phi) is 4.44. The molecular weight excluding hydrogens is 357 g/mol. The van der Waals surface area contributed by atoms with E-state index in [0.717, 1.165) is 23.5 Å². The van der Waals surface area contributed by atoms with Crippen LogP contribution in [0.1, 0.15) is 5.56 Å². The minimum atomic E-state index is -4.39. The van der Waals surface area contributed by atoms with Gasteiger partial charge in [-0.2, -0.15) is 13.2 Å². The Morgan fingerprint density at radius 1 is 1.40 bits per heavy atom. The van der Waals surface area contributed by atoms with Gasteiger partial charge in [0.15, 0.2) is 5.13 Å². The summed E-state index contributed by atoms with van der Waals surface area (Å²) in [5.74, 6) is -0.269. The highest BCUT2D eigenvalue weighted by atomic mass is 79.9. The van der Waals surface area contributed by atoms with Crippen molar-refractivity contribution in [3.05, 3.63) is 35.2 Å². The zero-order valence-corrected chi connectivity index (χ0v) is 12.3. The number of benzene rings is 1. The van der Waals surface area contributed by atoms with Crippen LogP contribution in [-0.4, -0.2) is 16.2 Å². The van der Waals surface area contributed by atoms with Gasteiger partial charge in [-0.05, 0) is 12.1 Å². The molecule has 0 spiro atoms. The van der Waals surface area contributed by atoms with E-state index in [1.165, 1.54) is 6.07 Å². The van der Waals surface area contributed by atoms with E-state index in [-0.39, 0.29) is 11.2 Å². The molecule has 0 unspecified atom stereocenters. The van der Waals surface area contributed by atoms with E-state index in [9.17, 15) is 18.0 Å². The number of amides is 1. The summed E-state index contributed by atoms with van der Waals surface area (Å²) in [6, 6.07) is 4.91. The maximum Gasteiger partial charge on any atom is 0.416 e. The number of carbonyl (C=O) groups excluding carboxylic acids is 1. The van der Waals surface area contributed by atoms with Crippen LogP contribution in [0.15, 0.2) is 29.6 Å². The van der Waals surface area contributed by atoms with Gasteiger partial charge in [-0.25, -0.2) is 4.98 Å². The monoisotopic (exact) mass is 364 g/mol. The number of aromatic nitrogens is 1. The van der Waals surface area contributed by atoms with Gasteiger partial charge in [0.1, 0.15) is 0 Å². The molecule has 1 aromatic heterocycles. The fraction of sp³-hybridized carbons (Fsp3) is 0.167. The van der Waals surface area contributed by atoms with E-state index >= 15 is 0 Å². The van der Waals surface area contributed by atoms with Crippen molar-refractivity contribution in [2.45, 2.75) is 6.18 Å². The van der Waals surface area contributed by atoms with Crippen molar-refractivity contribution in [3.8, 4) is 11.3 Å². The molecule has 2 aromatic rings. The molecule has 0 fully saturated rings. The maximum absolute atomic E-state index is 12.6. The van der Waals surface area contributed by atoms with Gasteiger partial charge in [-0.15, -0.1) is 11.3 Å². The van der Waals surface area contributed by atoms with Crippen molar-refractivity contribution in [1.29, 1.82) is 0 Å². The van der Waals surface area contributed by atoms with Gasteiger partial charge in [0, 0.05) is 10.9 Å². The molecule has 0 saturated carbocycles. The largest absolute Gasteiger partial charge is 0.416 e. The molecule has 0 saturated heterocycles. The third kappa shape index (κ3) is 3.57. The molecule has 8 heteroatoms. The number of nitrogens with one attached hydrogen (secondary N) is 1. The third-order valence-corrected chi connectivity index (χ3v) is 3.62. The Bertz CT molecular complexity index is 627. The molecule has 1 aromatic carbocycles. The first-order valence-electron chi connectivity index (χ1n) is 5.39. The summed E-state index contributed by atoms with van der Waals surface area (Å²) in [5, 5.41) is 4.60. The van der Waals surface area contributed by atoms with Crippen LogP contribution >= 0.6 is 27.3 Å². The molecule has 0 atom stereocenters. The van der Waals surface area contributed by atoms with Crippen molar-refractivity contribution in [2.24, 2.45) is 0 Å². The number of hydrogen-bond acceptors (Lipinski definition) is 3. The van der Waals surface area contributed by atoms with E-state index in [1.807, 2.05) is 0 Å². The smallest absolute Gasteiger partial charge is 0.301 e. The minimum absolute atomic E-state index is 0.130. The second kappa shape index (κ2) is 5.92. The zero-order valence-electron chi connectivity index (χ0n) is 9.87. The topological polar surface area (TPSA) is 42.0 Å². The Hall–Kier alpha value is -1.41. The number of anilines is 1. The summed E-state index contributed by atoms with van der Waals surface area (Å²) < 4.78 is 37.9. The van der Waals surface area contributed by atoms with E-state index in [0.29, 0.717) is 16.4 Å². The maximum atomic E-state index is 12.6. The van der Waals surface area contributed by atoms with Crippen LogP contribution < -0.4 is 5.32 Å². The molecule has 0 radical (unpaired) electrons. The Balaban J connectivity index is 2.26. The lowest BCUT2D eigenvalue weighted by atomic mass is 10.1. The van der Waals surface area contributed by atoms with E-state index < -0.39 is 11.7 Å². The number of hydrogen-bond donors (Lipinski definition) is 1. The van der Waals surface area contributed by atoms with E-state index in [1.54, 1.807) is 11.4 Å². The van der Waals surface area contributed by atoms with Crippen LogP contribution in [0.5, 0.6) is 0 Å². The summed E-state index contributed by atoms with van der Waals surface area (Å²) in [5.41, 5.74) is 0.0235. The standard InChI is InChI=1S/C12H8BrF3N2OS/c13-5-10(19)18-11-17-9(6-20-11)7-2-1-3-8(4-7)12(14,15)16/h1-4,6H,5H2,(H,17,18,19). The van der Waals surface area contributed by atoms with Crippen LogP contribution in [0.25, 0.3) is 11.3 Å². The summed E-state index contributed by atoms with van der Waals surface area (Å²) in [6.07, 6.45) is -4.39. The summed E-state index contributed by atoms with van der Waals surface area (Å²) >= 11 is 4.15. The molecule has 1 amide bonds. The number of alkyl halides is 4. The highest BCUT2D eigenvalue weighted by Gasteiger charge is 2.30. The van der Waals surface area contributed by atoms with Crippen LogP contribution in [0, 0.1) is 0 Å². The molecule has 0 aliphatic rings. The van der Waals surface area contributed by atoms with Crippen LogP contribution in [0.2, 0.25) is 0 Å². The summed E-state index contributed by atoms with van der Waals surface area (Å²) in [7, 11) is 0. The second-order valence-electron chi connectivity index (χ2n) is 3.80. The predicted molar refractivity (Wildman–Crippen MR) is 75.0 cm³/mol. The van der Waals surface area contributed by atoms with Gasteiger partial charge in [0.05, 0.1) is 16.6 Å². The van der Waals surface area contributed by atoms with Crippen molar-refractivity contribution in [2.75, 3.05) is 10.6 Å². The molecule has 1 heterocycles. The zero-order chi connectivity index (χ0) is 14.8. The van der Waals surface area contributed by atoms with Crippen molar-refractivity contribution >= 4 is 38.3 Å². The SMILES string of the molecule is O=C(CBr)Nc1nc(-c2cccc(C(F)(F)F)c2)cs1. The van der Waals surface area contributed by atoms with E-state index in [2.05, 4.69) is 26.2 Å². The second-order valence-corrected chi connectivity index (χ2v) is 5.22. The predicted octanol–water partition coefficient (Wildman–Crippen LogP) is 4.16. The highest BCUT2D eigenvalue weighted by molar-refractivity contribution is 9.09. The van der Waals surface area contributed by atoms with Crippen LogP contribution in [0.3, 0.4) is 0 Å². The number of rotatable bonds is 3. The van der Waals surface area contributed by atoms with Gasteiger partial charge in [-0.3, -0.25) is 4.79 Å². The average molecular weight is 365 g/mol. The first-order valence-corrected chi connectivity index (χ1v) is 7.39. The normalized spacial score (nSPS) is 11.4. The number of thiazole rings is 1. The average Bonchev–Trinajstić information content (AvgIpc) is 2.86. The van der Waals surface area contributed by atoms with Crippen molar-refractivity contribution in [1.82, 2.24) is 4.98 Å². The van der Waals surface area contributed by atoms with Crippen molar-refractivity contribution in [3.63, 3.8) is 0 Å². The minimum Gasteiger partial charge on any atom is -0.301 e. The molecule has 3 nitrogen and oxygen atoms in total. The van der Waals surface area contributed by atoms with E-state index in [4.69, 9.17) is 0 Å². The lowest BCUT2D eigenvalue weighted by Gasteiger charge is -2.07. The molecule has 20 heavy (non-hydrogen) atoms. The number of carbonyl (C=O) groups is 1. The first kappa shape index (κ1) is 15.0. The quantitative estimate of drug-likeness (QED) is 0.830. The Labute approximate surface area is 125 Å². The van der Waals surface area contributed by atoms with Gasteiger partial charge < -0.3 is 5.32 Å².